The first-order valence-electron chi connectivity index (χ1n) is 21.8. The van der Waals surface area contributed by atoms with E-state index < -0.39 is 0 Å². The van der Waals surface area contributed by atoms with Crippen LogP contribution >= 0.6 is 0 Å². The van der Waals surface area contributed by atoms with Crippen molar-refractivity contribution in [2.45, 2.75) is 78.6 Å². The van der Waals surface area contributed by atoms with E-state index in [0.717, 1.165) is 70.7 Å². The van der Waals surface area contributed by atoms with E-state index in [9.17, 15) is 0 Å². The molecular formula is C58H70N4. The van der Waals surface area contributed by atoms with Crippen molar-refractivity contribution in [2.75, 3.05) is 56.4 Å². The third-order valence-electron chi connectivity index (χ3n) is 10.5. The van der Waals surface area contributed by atoms with Gasteiger partial charge < -0.3 is 19.6 Å². The van der Waals surface area contributed by atoms with Crippen molar-refractivity contribution >= 4 is 24.3 Å². The molecule has 0 atom stereocenters. The zero-order valence-electron chi connectivity index (χ0n) is 40.2. The van der Waals surface area contributed by atoms with Gasteiger partial charge in [0.25, 0.3) is 0 Å². The van der Waals surface area contributed by atoms with Gasteiger partial charge in [-0.3, -0.25) is 0 Å². The smallest absolute Gasteiger partial charge is 0.0328 e. The molecule has 0 fully saturated rings. The first-order chi connectivity index (χ1) is 29.2. The Hall–Kier alpha value is -5.46. The van der Waals surface area contributed by atoms with E-state index in [4.69, 9.17) is 0 Å². The molecule has 0 unspecified atom stereocenters. The van der Waals surface area contributed by atoms with E-state index in [1.54, 1.807) is 0 Å². The Morgan fingerprint density at radius 2 is 0.661 bits per heavy atom. The molecule has 0 aromatic heterocycles. The van der Waals surface area contributed by atoms with Crippen LogP contribution < -0.4 is 0 Å². The largest absolute Gasteiger partial charge is 0.305 e. The average Bonchev–Trinajstić information content (AvgIpc) is 3.16. The van der Waals surface area contributed by atoms with Crippen LogP contribution in [0.25, 0.3) is 24.3 Å². The van der Waals surface area contributed by atoms with Crippen LogP contribution in [0.5, 0.6) is 0 Å². The fourth-order valence-electron chi connectivity index (χ4n) is 7.46. The fourth-order valence-corrected chi connectivity index (χ4v) is 7.46. The molecule has 0 bridgehead atoms. The summed E-state index contributed by atoms with van der Waals surface area (Å²) in [6.45, 7) is 16.9. The maximum Gasteiger partial charge on any atom is 0.0328 e. The summed E-state index contributed by atoms with van der Waals surface area (Å²) < 4.78 is 0. The highest BCUT2D eigenvalue weighted by atomic mass is 15.1. The van der Waals surface area contributed by atoms with E-state index in [1.165, 1.54) is 33.4 Å². The molecule has 0 saturated carbocycles. The molecule has 0 amide bonds. The topological polar surface area (TPSA) is 13.0 Å². The van der Waals surface area contributed by atoms with E-state index in [-0.39, 0.29) is 10.8 Å². The number of nitrogens with zero attached hydrogens (tertiary/aromatic N) is 4. The molecule has 5 rings (SSSR count). The summed E-state index contributed by atoms with van der Waals surface area (Å²) in [5.74, 6) is 14.5. The Bertz CT molecular complexity index is 2240. The molecule has 62 heavy (non-hydrogen) atoms. The summed E-state index contributed by atoms with van der Waals surface area (Å²) in [5.41, 5.74) is 16.1. The molecule has 0 N–H and O–H groups in total. The van der Waals surface area contributed by atoms with Crippen LogP contribution in [0.15, 0.2) is 97.1 Å². The quantitative estimate of drug-likeness (QED) is 0.0918. The van der Waals surface area contributed by atoms with E-state index in [2.05, 4.69) is 263 Å². The first kappa shape index (κ1) is 47.6. The zero-order chi connectivity index (χ0) is 45.2. The predicted octanol–water partition coefficient (Wildman–Crippen LogP) is 11.7. The lowest BCUT2D eigenvalue weighted by Crippen LogP contribution is -2.13. The summed E-state index contributed by atoms with van der Waals surface area (Å²) in [6, 6.07) is 35.8. The lowest BCUT2D eigenvalue weighted by atomic mass is 9.86. The van der Waals surface area contributed by atoms with Gasteiger partial charge in [0, 0.05) is 48.4 Å². The van der Waals surface area contributed by atoms with Gasteiger partial charge in [-0.25, -0.2) is 0 Å². The van der Waals surface area contributed by atoms with Gasteiger partial charge in [0.05, 0.1) is 0 Å². The average molecular weight is 823 g/mol. The third-order valence-corrected chi connectivity index (χ3v) is 10.5. The summed E-state index contributed by atoms with van der Waals surface area (Å²) in [5, 5.41) is 0. The molecule has 0 aliphatic carbocycles. The van der Waals surface area contributed by atoms with Crippen LogP contribution in [0.4, 0.5) is 0 Å². The first-order valence-corrected chi connectivity index (χ1v) is 21.8. The number of benzene rings is 5. The highest BCUT2D eigenvalue weighted by Crippen LogP contribution is 2.26. The van der Waals surface area contributed by atoms with E-state index >= 15 is 0 Å². The minimum atomic E-state index is 0.0893. The van der Waals surface area contributed by atoms with E-state index in [1.807, 2.05) is 0 Å². The molecule has 0 aliphatic rings. The van der Waals surface area contributed by atoms with Crippen LogP contribution in [0.3, 0.4) is 0 Å². The standard InChI is InChI=1S/C58H70N4/c1-57(2,3)55-27-19-43(20-28-55)15-23-51-37-54(26-18-46-33-49(41-61(11)12)36-50(34-46)42-62(13)14)52(24-16-44-21-29-56(30-22-44)58(4,5)6)38-53(51)25-17-45-31-47(39-59(7)8)35-48(32-45)40-60(9)10/h15-16,19-24,27-38H,39-42H2,1-14H3/b23-15+,24-16+. The zero-order valence-corrected chi connectivity index (χ0v) is 40.2. The van der Waals surface area contributed by atoms with Crippen molar-refractivity contribution in [3.05, 3.63) is 175 Å². The molecule has 0 heterocycles. The third kappa shape index (κ3) is 14.9. The predicted molar refractivity (Wildman–Crippen MR) is 269 cm³/mol. The second-order valence-electron chi connectivity index (χ2n) is 20.0. The SMILES string of the molecule is CN(C)Cc1cc(C#Cc2cc(/C=C/c3ccc(C(C)(C)C)cc3)c(C#Cc3cc(CN(C)C)cc(CN(C)C)c3)cc2/C=C/c2ccc(C(C)(C)C)cc2)cc(CN(C)C)c1. The summed E-state index contributed by atoms with van der Waals surface area (Å²) >= 11 is 0. The van der Waals surface area contributed by atoms with Gasteiger partial charge in [0.1, 0.15) is 0 Å². The number of hydrogen-bond donors (Lipinski definition) is 0. The molecule has 4 nitrogen and oxygen atoms in total. The summed E-state index contributed by atoms with van der Waals surface area (Å²) in [4.78, 5) is 8.83. The van der Waals surface area contributed by atoms with Crippen molar-refractivity contribution in [1.29, 1.82) is 0 Å². The highest BCUT2D eigenvalue weighted by molar-refractivity contribution is 5.80. The Balaban J connectivity index is 1.72. The Kier molecular flexibility index (Phi) is 16.2. The summed E-state index contributed by atoms with van der Waals surface area (Å²) in [6.07, 6.45) is 8.79. The summed E-state index contributed by atoms with van der Waals surface area (Å²) in [7, 11) is 16.9. The Morgan fingerprint density at radius 1 is 0.371 bits per heavy atom. The fraction of sp³-hybridized carbons (Fsp3) is 0.345. The maximum atomic E-state index is 3.65. The van der Waals surface area contributed by atoms with Gasteiger partial charge in [-0.15, -0.1) is 0 Å². The van der Waals surface area contributed by atoms with Gasteiger partial charge in [-0.05, 0) is 159 Å². The minimum Gasteiger partial charge on any atom is -0.305 e. The van der Waals surface area contributed by atoms with Crippen molar-refractivity contribution in [2.24, 2.45) is 0 Å². The molecule has 322 valence electrons. The molecule has 0 aliphatic heterocycles. The Morgan fingerprint density at radius 3 is 0.919 bits per heavy atom. The second-order valence-corrected chi connectivity index (χ2v) is 20.0. The minimum absolute atomic E-state index is 0.0893. The van der Waals surface area contributed by atoms with Crippen molar-refractivity contribution in [3.8, 4) is 23.7 Å². The Labute approximate surface area is 376 Å². The van der Waals surface area contributed by atoms with Gasteiger partial charge in [0.2, 0.25) is 0 Å². The van der Waals surface area contributed by atoms with Gasteiger partial charge in [0.15, 0.2) is 0 Å². The lowest BCUT2D eigenvalue weighted by Gasteiger charge is -2.18. The molecule has 4 heteroatoms. The maximum absolute atomic E-state index is 3.65. The second kappa shape index (κ2) is 21.1. The molecule has 5 aromatic rings. The molecular weight excluding hydrogens is 753 g/mol. The van der Waals surface area contributed by atoms with Crippen molar-refractivity contribution in [1.82, 2.24) is 19.6 Å². The van der Waals surface area contributed by atoms with Gasteiger partial charge in [-0.1, -0.05) is 150 Å². The molecule has 5 aromatic carbocycles. The number of rotatable bonds is 12. The van der Waals surface area contributed by atoms with Crippen LogP contribution in [0.1, 0.15) is 119 Å². The van der Waals surface area contributed by atoms with Crippen LogP contribution in [0.2, 0.25) is 0 Å². The van der Waals surface area contributed by atoms with Crippen LogP contribution in [0, 0.1) is 23.7 Å². The van der Waals surface area contributed by atoms with Crippen LogP contribution in [-0.4, -0.2) is 76.0 Å². The van der Waals surface area contributed by atoms with Gasteiger partial charge in [-0.2, -0.15) is 0 Å². The van der Waals surface area contributed by atoms with Gasteiger partial charge >= 0.3 is 0 Å². The molecule has 0 spiro atoms. The molecule has 0 saturated heterocycles. The number of hydrogen-bond acceptors (Lipinski definition) is 4. The van der Waals surface area contributed by atoms with Crippen LogP contribution in [-0.2, 0) is 37.0 Å². The van der Waals surface area contributed by atoms with Crippen molar-refractivity contribution < 1.29 is 0 Å². The highest BCUT2D eigenvalue weighted by Gasteiger charge is 2.14. The monoisotopic (exact) mass is 823 g/mol. The lowest BCUT2D eigenvalue weighted by molar-refractivity contribution is 0.395. The molecule has 0 radical (unpaired) electrons. The van der Waals surface area contributed by atoms with Crippen molar-refractivity contribution in [3.63, 3.8) is 0 Å². The normalized spacial score (nSPS) is 12.2. The van der Waals surface area contributed by atoms with E-state index in [0.29, 0.717) is 0 Å².